The van der Waals surface area contributed by atoms with Crippen LogP contribution in [0.25, 0.3) is 10.9 Å². The zero-order valence-corrected chi connectivity index (χ0v) is 11.7. The van der Waals surface area contributed by atoms with E-state index in [4.69, 9.17) is 0 Å². The van der Waals surface area contributed by atoms with Crippen LogP contribution in [-0.4, -0.2) is 21.1 Å². The van der Waals surface area contributed by atoms with Crippen LogP contribution in [0.5, 0.6) is 5.75 Å². The van der Waals surface area contributed by atoms with Gasteiger partial charge in [-0.3, -0.25) is 5.32 Å². The van der Waals surface area contributed by atoms with Gasteiger partial charge in [0.2, 0.25) is 0 Å². The molecule has 110 valence electrons. The van der Waals surface area contributed by atoms with E-state index >= 15 is 0 Å². The van der Waals surface area contributed by atoms with Gasteiger partial charge >= 0.3 is 6.03 Å². The number of amides is 2. The van der Waals surface area contributed by atoms with Gasteiger partial charge in [-0.2, -0.15) is 0 Å². The van der Waals surface area contributed by atoms with Gasteiger partial charge in [-0.15, -0.1) is 5.11 Å². The molecule has 0 saturated heterocycles. The minimum atomic E-state index is -0.667. The number of rotatable bonds is 2. The Morgan fingerprint density at radius 3 is 2.86 bits per heavy atom. The molecule has 0 aliphatic rings. The molecule has 0 saturated carbocycles. The number of hydrogen-bond acceptors (Lipinski definition) is 4. The molecule has 0 unspecified atom stereocenters. The van der Waals surface area contributed by atoms with Gasteiger partial charge in [-0.05, 0) is 30.7 Å². The topological polar surface area (TPSA) is 103 Å². The number of carbonyl (C=O) groups is 1. The van der Waals surface area contributed by atoms with Crippen molar-refractivity contribution in [2.24, 2.45) is 10.2 Å². The lowest BCUT2D eigenvalue weighted by Crippen LogP contribution is -2.08. The van der Waals surface area contributed by atoms with Crippen molar-refractivity contribution in [2.75, 3.05) is 5.32 Å². The van der Waals surface area contributed by atoms with E-state index in [1.807, 2.05) is 19.1 Å². The van der Waals surface area contributed by atoms with E-state index in [1.165, 1.54) is 0 Å². The van der Waals surface area contributed by atoms with Crippen molar-refractivity contribution in [3.8, 4) is 5.75 Å². The Bertz CT molecular complexity index is 869. The second-order valence-electron chi connectivity index (χ2n) is 4.67. The van der Waals surface area contributed by atoms with Gasteiger partial charge < -0.3 is 10.1 Å². The van der Waals surface area contributed by atoms with Gasteiger partial charge in [0.1, 0.15) is 5.82 Å². The lowest BCUT2D eigenvalue weighted by molar-refractivity contribution is 0.258. The highest BCUT2D eigenvalue weighted by Gasteiger charge is 2.10. The Kier molecular flexibility index (Phi) is 3.53. The number of hydrogen-bond donors (Lipinski definition) is 3. The van der Waals surface area contributed by atoms with Crippen molar-refractivity contribution < 1.29 is 9.90 Å². The molecule has 2 heterocycles. The summed E-state index contributed by atoms with van der Waals surface area (Å²) in [7, 11) is 0. The molecule has 0 bridgehead atoms. The average Bonchev–Trinajstić information content (AvgIpc) is 2.84. The van der Waals surface area contributed by atoms with Crippen LogP contribution >= 0.6 is 0 Å². The number of fused-ring (bicyclic) bond motifs is 1. The van der Waals surface area contributed by atoms with Gasteiger partial charge in [0.15, 0.2) is 11.6 Å². The molecule has 0 spiro atoms. The lowest BCUT2D eigenvalue weighted by Gasteiger charge is -2.02. The molecule has 0 aliphatic heterocycles. The fraction of sp³-hybridized carbons (Fsp3) is 0.0667. The normalized spacial score (nSPS) is 11.1. The molecule has 0 aliphatic carbocycles. The minimum Gasteiger partial charge on any atom is -0.504 e. The van der Waals surface area contributed by atoms with Crippen molar-refractivity contribution >= 4 is 28.6 Å². The standard InChI is InChI=1S/C15H13N5O2/c1-9-5-4-8-16-13(9)18-15(22)20-19-14-12(21)10-6-2-3-7-11(10)17-14/h2-8,17,21H,1H3,(H,16,18,22)/b20-19+. The molecule has 3 N–H and O–H groups in total. The maximum atomic E-state index is 11.8. The number of carbonyl (C=O) groups excluding carboxylic acids is 1. The highest BCUT2D eigenvalue weighted by atomic mass is 16.3. The monoisotopic (exact) mass is 295 g/mol. The summed E-state index contributed by atoms with van der Waals surface area (Å²) >= 11 is 0. The molecule has 1 aromatic carbocycles. The molecule has 3 aromatic rings. The van der Waals surface area contributed by atoms with E-state index in [1.54, 1.807) is 30.5 Å². The SMILES string of the molecule is Cc1cccnc1NC(=O)/N=N/c1[nH]c2ccccc2c1O. The smallest absolute Gasteiger partial charge is 0.365 e. The Labute approximate surface area is 125 Å². The molecule has 0 atom stereocenters. The number of aromatic nitrogens is 2. The first-order valence-electron chi connectivity index (χ1n) is 6.59. The number of aromatic amines is 1. The third-order valence-corrected chi connectivity index (χ3v) is 3.14. The second-order valence-corrected chi connectivity index (χ2v) is 4.67. The predicted molar refractivity (Wildman–Crippen MR) is 82.5 cm³/mol. The fourth-order valence-corrected chi connectivity index (χ4v) is 2.02. The molecule has 0 fully saturated rings. The average molecular weight is 295 g/mol. The number of pyridine rings is 1. The summed E-state index contributed by atoms with van der Waals surface area (Å²) in [4.78, 5) is 18.7. The number of urea groups is 1. The van der Waals surface area contributed by atoms with Crippen LogP contribution in [0.3, 0.4) is 0 Å². The van der Waals surface area contributed by atoms with Crippen LogP contribution in [0, 0.1) is 6.92 Å². The maximum Gasteiger partial charge on any atom is 0.365 e. The number of para-hydroxylation sites is 1. The van der Waals surface area contributed by atoms with Crippen LogP contribution in [0.15, 0.2) is 52.8 Å². The van der Waals surface area contributed by atoms with Crippen LogP contribution in [0.2, 0.25) is 0 Å². The summed E-state index contributed by atoms with van der Waals surface area (Å²) in [6, 6.07) is 10.1. The van der Waals surface area contributed by atoms with Crippen molar-refractivity contribution in [3.05, 3.63) is 48.2 Å². The van der Waals surface area contributed by atoms with Crippen molar-refractivity contribution in [1.29, 1.82) is 0 Å². The first kappa shape index (κ1) is 13.7. The van der Waals surface area contributed by atoms with Crippen LogP contribution < -0.4 is 5.32 Å². The number of aryl methyl sites for hydroxylation is 1. The van der Waals surface area contributed by atoms with Gasteiger partial charge in [0.25, 0.3) is 0 Å². The van der Waals surface area contributed by atoms with E-state index in [2.05, 4.69) is 25.5 Å². The van der Waals surface area contributed by atoms with Crippen LogP contribution in [0.1, 0.15) is 5.56 Å². The Morgan fingerprint density at radius 1 is 1.27 bits per heavy atom. The highest BCUT2D eigenvalue weighted by molar-refractivity contribution is 5.92. The van der Waals surface area contributed by atoms with E-state index < -0.39 is 6.03 Å². The summed E-state index contributed by atoms with van der Waals surface area (Å²) in [5.41, 5.74) is 1.54. The summed E-state index contributed by atoms with van der Waals surface area (Å²) in [6.07, 6.45) is 1.57. The maximum absolute atomic E-state index is 11.8. The summed E-state index contributed by atoms with van der Waals surface area (Å²) < 4.78 is 0. The first-order valence-corrected chi connectivity index (χ1v) is 6.59. The number of H-pyrrole nitrogens is 1. The fourth-order valence-electron chi connectivity index (χ4n) is 2.02. The molecular formula is C15H13N5O2. The van der Waals surface area contributed by atoms with Gasteiger partial charge in [-0.25, -0.2) is 9.78 Å². The number of anilines is 1. The van der Waals surface area contributed by atoms with E-state index in [-0.39, 0.29) is 11.6 Å². The van der Waals surface area contributed by atoms with E-state index in [9.17, 15) is 9.90 Å². The Hall–Kier alpha value is -3.22. The summed E-state index contributed by atoms with van der Waals surface area (Å²) in [5.74, 6) is 0.516. The van der Waals surface area contributed by atoms with Crippen LogP contribution in [-0.2, 0) is 0 Å². The number of azo groups is 1. The molecular weight excluding hydrogens is 282 g/mol. The number of benzene rings is 1. The van der Waals surface area contributed by atoms with Crippen molar-refractivity contribution in [3.63, 3.8) is 0 Å². The first-order chi connectivity index (χ1) is 10.6. The largest absolute Gasteiger partial charge is 0.504 e. The third kappa shape index (κ3) is 2.64. The second kappa shape index (κ2) is 5.65. The molecule has 2 aromatic heterocycles. The van der Waals surface area contributed by atoms with E-state index in [0.717, 1.165) is 11.1 Å². The molecule has 7 heteroatoms. The quantitative estimate of drug-likeness (QED) is 0.625. The summed E-state index contributed by atoms with van der Waals surface area (Å²) in [6.45, 7) is 1.82. The lowest BCUT2D eigenvalue weighted by atomic mass is 10.2. The van der Waals surface area contributed by atoms with E-state index in [0.29, 0.717) is 11.2 Å². The molecule has 22 heavy (non-hydrogen) atoms. The Balaban J connectivity index is 1.79. The third-order valence-electron chi connectivity index (χ3n) is 3.14. The van der Waals surface area contributed by atoms with Gasteiger partial charge in [-0.1, -0.05) is 23.3 Å². The van der Waals surface area contributed by atoms with Gasteiger partial charge in [0.05, 0.1) is 5.52 Å². The zero-order valence-electron chi connectivity index (χ0n) is 11.7. The van der Waals surface area contributed by atoms with Crippen molar-refractivity contribution in [1.82, 2.24) is 9.97 Å². The highest BCUT2D eigenvalue weighted by Crippen LogP contribution is 2.34. The van der Waals surface area contributed by atoms with Gasteiger partial charge in [0, 0.05) is 11.6 Å². The summed E-state index contributed by atoms with van der Waals surface area (Å²) in [5, 5.41) is 20.4. The Morgan fingerprint density at radius 2 is 2.09 bits per heavy atom. The molecule has 3 rings (SSSR count). The zero-order chi connectivity index (χ0) is 15.5. The number of nitrogens with one attached hydrogen (secondary N) is 2. The van der Waals surface area contributed by atoms with Crippen molar-refractivity contribution in [2.45, 2.75) is 6.92 Å². The molecule has 7 nitrogen and oxygen atoms in total. The molecule has 0 radical (unpaired) electrons. The molecule has 2 amide bonds. The predicted octanol–water partition coefficient (Wildman–Crippen LogP) is 3.89. The van der Waals surface area contributed by atoms with Crippen LogP contribution in [0.4, 0.5) is 16.4 Å². The number of nitrogens with zero attached hydrogens (tertiary/aromatic N) is 3. The minimum absolute atomic E-state index is 0.0406. The number of aromatic hydroxyl groups is 1.